The Hall–Kier alpha value is -2.96. The van der Waals surface area contributed by atoms with Crippen molar-refractivity contribution in [3.05, 3.63) is 54.1 Å². The monoisotopic (exact) mass is 285 g/mol. The Morgan fingerprint density at radius 3 is 2.38 bits per heavy atom. The van der Waals surface area contributed by atoms with Gasteiger partial charge >= 0.3 is 6.09 Å². The summed E-state index contributed by atoms with van der Waals surface area (Å²) in [7, 11) is 0. The predicted molar refractivity (Wildman–Crippen MR) is 70.8 cm³/mol. The SMILES string of the molecule is O=C1c2ccccc2C(=O)N1CCOC(=O)n1ccnc1. The first-order chi connectivity index (χ1) is 10.2. The van der Waals surface area contributed by atoms with Gasteiger partial charge in [0.15, 0.2) is 0 Å². The molecule has 0 N–H and O–H groups in total. The molecule has 2 heterocycles. The highest BCUT2D eigenvalue weighted by atomic mass is 16.5. The lowest BCUT2D eigenvalue weighted by molar-refractivity contribution is 0.0605. The summed E-state index contributed by atoms with van der Waals surface area (Å²) < 4.78 is 6.15. The molecular formula is C14H11N3O4. The first-order valence-corrected chi connectivity index (χ1v) is 6.29. The third-order valence-electron chi connectivity index (χ3n) is 3.13. The van der Waals surface area contributed by atoms with E-state index in [4.69, 9.17) is 4.74 Å². The zero-order chi connectivity index (χ0) is 14.8. The molecule has 0 unspecified atom stereocenters. The molecule has 2 amide bonds. The molecule has 0 spiro atoms. The smallest absolute Gasteiger partial charge is 0.419 e. The van der Waals surface area contributed by atoms with Crippen LogP contribution in [0.1, 0.15) is 20.7 Å². The van der Waals surface area contributed by atoms with Crippen molar-refractivity contribution in [2.75, 3.05) is 13.2 Å². The van der Waals surface area contributed by atoms with Crippen molar-refractivity contribution in [3.63, 3.8) is 0 Å². The predicted octanol–water partition coefficient (Wildman–Crippen LogP) is 1.16. The van der Waals surface area contributed by atoms with Gasteiger partial charge in [-0.05, 0) is 12.1 Å². The summed E-state index contributed by atoms with van der Waals surface area (Å²) in [6.07, 6.45) is 3.60. The Balaban J connectivity index is 1.61. The van der Waals surface area contributed by atoms with Crippen LogP contribution in [0, 0.1) is 0 Å². The molecule has 0 atom stereocenters. The molecule has 1 aliphatic heterocycles. The molecule has 1 aromatic heterocycles. The summed E-state index contributed by atoms with van der Waals surface area (Å²) in [5.74, 6) is -0.733. The number of amides is 2. The van der Waals surface area contributed by atoms with Crippen molar-refractivity contribution < 1.29 is 19.1 Å². The maximum Gasteiger partial charge on any atom is 0.419 e. The molecule has 1 aromatic carbocycles. The van der Waals surface area contributed by atoms with Crippen molar-refractivity contribution in [2.45, 2.75) is 0 Å². The summed E-state index contributed by atoms with van der Waals surface area (Å²) in [5.41, 5.74) is 0.756. The van der Waals surface area contributed by atoms with Crippen LogP contribution in [0.5, 0.6) is 0 Å². The van der Waals surface area contributed by atoms with Crippen molar-refractivity contribution >= 4 is 17.9 Å². The van der Waals surface area contributed by atoms with Gasteiger partial charge in [0.25, 0.3) is 11.8 Å². The fraction of sp³-hybridized carbons (Fsp3) is 0.143. The molecule has 3 rings (SSSR count). The molecular weight excluding hydrogens is 274 g/mol. The zero-order valence-corrected chi connectivity index (χ0v) is 10.9. The largest absolute Gasteiger partial charge is 0.447 e. The third-order valence-corrected chi connectivity index (χ3v) is 3.13. The van der Waals surface area contributed by atoms with Crippen LogP contribution in [0.15, 0.2) is 43.0 Å². The van der Waals surface area contributed by atoms with Gasteiger partial charge in [-0.15, -0.1) is 0 Å². The second-order valence-corrected chi connectivity index (χ2v) is 4.39. The Morgan fingerprint density at radius 2 is 1.81 bits per heavy atom. The molecule has 0 aliphatic carbocycles. The van der Waals surface area contributed by atoms with E-state index in [0.717, 1.165) is 4.90 Å². The highest BCUT2D eigenvalue weighted by Crippen LogP contribution is 2.21. The standard InChI is InChI=1S/C14H11N3O4/c18-12-10-3-1-2-4-11(10)13(19)17(12)7-8-21-14(20)16-6-5-15-9-16/h1-6,9H,7-8H2. The number of nitrogens with zero attached hydrogens (tertiary/aromatic N) is 3. The fourth-order valence-corrected chi connectivity index (χ4v) is 2.11. The lowest BCUT2D eigenvalue weighted by atomic mass is 10.1. The molecule has 0 bridgehead atoms. The van der Waals surface area contributed by atoms with Gasteiger partial charge in [0, 0.05) is 12.4 Å². The molecule has 2 aromatic rings. The number of fused-ring (bicyclic) bond motifs is 1. The average Bonchev–Trinajstić information content (AvgIpc) is 3.11. The van der Waals surface area contributed by atoms with E-state index in [1.54, 1.807) is 24.3 Å². The van der Waals surface area contributed by atoms with E-state index in [0.29, 0.717) is 11.1 Å². The lowest BCUT2D eigenvalue weighted by Crippen LogP contribution is -2.33. The highest BCUT2D eigenvalue weighted by molar-refractivity contribution is 6.21. The van der Waals surface area contributed by atoms with Crippen LogP contribution >= 0.6 is 0 Å². The minimum atomic E-state index is -0.607. The second-order valence-electron chi connectivity index (χ2n) is 4.39. The van der Waals surface area contributed by atoms with Crippen molar-refractivity contribution in [2.24, 2.45) is 0 Å². The number of carbonyl (C=O) groups is 3. The topological polar surface area (TPSA) is 81.5 Å². The Kier molecular flexibility index (Phi) is 3.23. The second kappa shape index (κ2) is 5.20. The highest BCUT2D eigenvalue weighted by Gasteiger charge is 2.34. The molecule has 21 heavy (non-hydrogen) atoms. The van der Waals surface area contributed by atoms with Crippen LogP contribution in [0.2, 0.25) is 0 Å². The minimum absolute atomic E-state index is 0.0206. The van der Waals surface area contributed by atoms with Gasteiger partial charge < -0.3 is 4.74 Å². The van der Waals surface area contributed by atoms with Gasteiger partial charge in [-0.2, -0.15) is 0 Å². The van der Waals surface area contributed by atoms with Crippen molar-refractivity contribution in [3.8, 4) is 0 Å². The zero-order valence-electron chi connectivity index (χ0n) is 10.9. The molecule has 0 saturated heterocycles. The van der Waals surface area contributed by atoms with Gasteiger partial charge in [-0.3, -0.25) is 14.5 Å². The van der Waals surface area contributed by atoms with Crippen LogP contribution in [0.4, 0.5) is 4.79 Å². The van der Waals surface area contributed by atoms with E-state index >= 15 is 0 Å². The van der Waals surface area contributed by atoms with Crippen LogP contribution in [0.25, 0.3) is 0 Å². The van der Waals surface area contributed by atoms with Gasteiger partial charge in [0.2, 0.25) is 0 Å². The Labute approximate surface area is 119 Å². The first kappa shape index (κ1) is 13.0. The number of aromatic nitrogens is 2. The number of hydrogen-bond acceptors (Lipinski definition) is 5. The molecule has 0 radical (unpaired) electrons. The van der Waals surface area contributed by atoms with Crippen molar-refractivity contribution in [1.82, 2.24) is 14.5 Å². The number of carbonyl (C=O) groups excluding carboxylic acids is 3. The maximum atomic E-state index is 12.1. The number of imidazole rings is 1. The molecule has 7 heteroatoms. The van der Waals surface area contributed by atoms with Gasteiger partial charge in [-0.25, -0.2) is 14.3 Å². The number of rotatable bonds is 3. The van der Waals surface area contributed by atoms with Crippen LogP contribution in [-0.2, 0) is 4.74 Å². The number of benzene rings is 1. The van der Waals surface area contributed by atoms with Gasteiger partial charge in [0.1, 0.15) is 12.9 Å². The summed E-state index contributed by atoms with van der Waals surface area (Å²) in [5, 5.41) is 0. The molecule has 0 fully saturated rings. The van der Waals surface area contributed by atoms with E-state index in [2.05, 4.69) is 4.98 Å². The first-order valence-electron chi connectivity index (χ1n) is 6.29. The van der Waals surface area contributed by atoms with Crippen LogP contribution < -0.4 is 0 Å². The Morgan fingerprint density at radius 1 is 1.14 bits per heavy atom. The number of hydrogen-bond donors (Lipinski definition) is 0. The van der Waals surface area contributed by atoms with E-state index in [-0.39, 0.29) is 25.0 Å². The minimum Gasteiger partial charge on any atom is -0.447 e. The Bertz CT molecular complexity index is 674. The van der Waals surface area contributed by atoms with E-state index in [1.807, 2.05) is 0 Å². The summed E-state index contributed by atoms with van der Waals surface area (Å²) in [6.45, 7) is -0.0464. The van der Waals surface area contributed by atoms with Gasteiger partial charge in [-0.1, -0.05) is 12.1 Å². The quantitative estimate of drug-likeness (QED) is 0.790. The van der Waals surface area contributed by atoms with Crippen molar-refractivity contribution in [1.29, 1.82) is 0 Å². The summed E-state index contributed by atoms with van der Waals surface area (Å²) in [4.78, 5) is 40.5. The van der Waals surface area contributed by atoms with Crippen LogP contribution in [-0.4, -0.2) is 45.5 Å². The van der Waals surface area contributed by atoms with Crippen LogP contribution in [0.3, 0.4) is 0 Å². The third kappa shape index (κ3) is 2.29. The fourth-order valence-electron chi connectivity index (χ4n) is 2.11. The lowest BCUT2D eigenvalue weighted by Gasteiger charge is -2.13. The van der Waals surface area contributed by atoms with Gasteiger partial charge in [0.05, 0.1) is 17.7 Å². The summed E-state index contributed by atoms with van der Waals surface area (Å²) >= 11 is 0. The molecule has 0 saturated carbocycles. The molecule has 1 aliphatic rings. The van der Waals surface area contributed by atoms with E-state index in [9.17, 15) is 14.4 Å². The van der Waals surface area contributed by atoms with E-state index in [1.165, 1.54) is 23.3 Å². The maximum absolute atomic E-state index is 12.1. The molecule has 106 valence electrons. The summed E-state index contributed by atoms with van der Waals surface area (Å²) in [6, 6.07) is 6.61. The average molecular weight is 285 g/mol. The number of imide groups is 1. The normalized spacial score (nSPS) is 13.4. The molecule has 7 nitrogen and oxygen atoms in total. The van der Waals surface area contributed by atoms with E-state index < -0.39 is 6.09 Å². The number of ether oxygens (including phenoxy) is 1.